The monoisotopic (exact) mass is 257 g/mol. The van der Waals surface area contributed by atoms with E-state index in [4.69, 9.17) is 11.6 Å². The lowest BCUT2D eigenvalue weighted by Gasteiger charge is -2.11. The van der Waals surface area contributed by atoms with Crippen molar-refractivity contribution in [1.29, 1.82) is 0 Å². The van der Waals surface area contributed by atoms with Crippen molar-refractivity contribution in [2.75, 3.05) is 13.1 Å². The Morgan fingerprint density at radius 3 is 2.82 bits per heavy atom. The van der Waals surface area contributed by atoms with Gasteiger partial charge in [-0.15, -0.1) is 0 Å². The summed E-state index contributed by atoms with van der Waals surface area (Å²) in [5, 5.41) is 3.44. The number of rotatable bonds is 6. The summed E-state index contributed by atoms with van der Waals surface area (Å²) in [6, 6.07) is 4.12. The van der Waals surface area contributed by atoms with E-state index in [0.717, 1.165) is 6.54 Å². The minimum atomic E-state index is -0.383. The van der Waals surface area contributed by atoms with E-state index in [1.54, 1.807) is 6.07 Å². The van der Waals surface area contributed by atoms with Crippen LogP contribution in [0.25, 0.3) is 0 Å². The predicted octanol–water partition coefficient (Wildman–Crippen LogP) is 2.84. The molecular weight excluding hydrogens is 241 g/mol. The molecular formula is C13H17ClFNO. The SMILES string of the molecule is CCNCC(C)C(=O)Cc1ccc(F)cc1Cl. The molecule has 0 aliphatic carbocycles. The molecule has 0 heterocycles. The molecule has 2 nitrogen and oxygen atoms in total. The second kappa shape index (κ2) is 6.72. The van der Waals surface area contributed by atoms with Crippen LogP contribution in [0.1, 0.15) is 19.4 Å². The first-order chi connectivity index (χ1) is 8.04. The lowest BCUT2D eigenvalue weighted by Crippen LogP contribution is -2.27. The Kier molecular flexibility index (Phi) is 5.59. The molecule has 1 N–H and O–H groups in total. The summed E-state index contributed by atoms with van der Waals surface area (Å²) < 4.78 is 12.8. The van der Waals surface area contributed by atoms with Crippen molar-refractivity contribution in [2.24, 2.45) is 5.92 Å². The fraction of sp³-hybridized carbons (Fsp3) is 0.462. The smallest absolute Gasteiger partial charge is 0.141 e. The van der Waals surface area contributed by atoms with Crippen LogP contribution >= 0.6 is 11.6 Å². The first-order valence-corrected chi connectivity index (χ1v) is 6.09. The number of benzene rings is 1. The third-order valence-electron chi connectivity index (χ3n) is 2.63. The Morgan fingerprint density at radius 1 is 1.53 bits per heavy atom. The number of hydrogen-bond donors (Lipinski definition) is 1. The molecule has 0 aliphatic rings. The van der Waals surface area contributed by atoms with Crippen LogP contribution in [0, 0.1) is 11.7 Å². The third-order valence-corrected chi connectivity index (χ3v) is 2.98. The lowest BCUT2D eigenvalue weighted by atomic mass is 9.99. The number of ketones is 1. The average Bonchev–Trinajstić information content (AvgIpc) is 2.29. The zero-order valence-corrected chi connectivity index (χ0v) is 10.9. The van der Waals surface area contributed by atoms with Gasteiger partial charge in [-0.05, 0) is 24.2 Å². The number of nitrogens with one attached hydrogen (secondary N) is 1. The summed E-state index contributed by atoms with van der Waals surface area (Å²) in [4.78, 5) is 11.9. The maximum absolute atomic E-state index is 12.8. The number of carbonyl (C=O) groups excluding carboxylic acids is 1. The van der Waals surface area contributed by atoms with Gasteiger partial charge in [-0.3, -0.25) is 4.79 Å². The highest BCUT2D eigenvalue weighted by molar-refractivity contribution is 6.31. The molecule has 0 aliphatic heterocycles. The van der Waals surface area contributed by atoms with Gasteiger partial charge in [-0.1, -0.05) is 31.5 Å². The Bertz CT molecular complexity index is 395. The van der Waals surface area contributed by atoms with Gasteiger partial charge in [0.2, 0.25) is 0 Å². The molecule has 0 bridgehead atoms. The quantitative estimate of drug-likeness (QED) is 0.849. The van der Waals surface area contributed by atoms with E-state index >= 15 is 0 Å². The standard InChI is InChI=1S/C13H17ClFNO/c1-3-16-8-9(2)13(17)6-10-4-5-11(15)7-12(10)14/h4-5,7,9,16H,3,6,8H2,1-2H3. The maximum Gasteiger partial charge on any atom is 0.141 e. The van der Waals surface area contributed by atoms with Crippen molar-refractivity contribution in [3.8, 4) is 0 Å². The second-order valence-electron chi connectivity index (χ2n) is 4.09. The molecule has 1 unspecified atom stereocenters. The summed E-state index contributed by atoms with van der Waals surface area (Å²) in [5.41, 5.74) is 0.682. The van der Waals surface area contributed by atoms with Crippen LogP contribution in [-0.4, -0.2) is 18.9 Å². The van der Waals surface area contributed by atoms with E-state index in [1.807, 2.05) is 13.8 Å². The Labute approximate surface area is 106 Å². The van der Waals surface area contributed by atoms with Crippen LogP contribution < -0.4 is 5.32 Å². The molecule has 0 radical (unpaired) electrons. The Morgan fingerprint density at radius 2 is 2.24 bits per heavy atom. The molecule has 0 aromatic heterocycles. The molecule has 17 heavy (non-hydrogen) atoms. The molecule has 1 atom stereocenters. The fourth-order valence-electron chi connectivity index (χ4n) is 1.50. The van der Waals surface area contributed by atoms with Crippen molar-refractivity contribution in [1.82, 2.24) is 5.32 Å². The van der Waals surface area contributed by atoms with Crippen LogP contribution in [0.4, 0.5) is 4.39 Å². The van der Waals surface area contributed by atoms with Crippen molar-refractivity contribution in [2.45, 2.75) is 20.3 Å². The zero-order chi connectivity index (χ0) is 12.8. The van der Waals surface area contributed by atoms with E-state index in [2.05, 4.69) is 5.32 Å². The lowest BCUT2D eigenvalue weighted by molar-refractivity contribution is -0.121. The highest BCUT2D eigenvalue weighted by Crippen LogP contribution is 2.19. The van der Waals surface area contributed by atoms with Gasteiger partial charge < -0.3 is 5.32 Å². The first-order valence-electron chi connectivity index (χ1n) is 5.72. The van der Waals surface area contributed by atoms with Crippen LogP contribution in [0.5, 0.6) is 0 Å². The zero-order valence-electron chi connectivity index (χ0n) is 10.1. The second-order valence-corrected chi connectivity index (χ2v) is 4.49. The fourth-order valence-corrected chi connectivity index (χ4v) is 1.74. The molecule has 0 saturated heterocycles. The summed E-state index contributed by atoms with van der Waals surface area (Å²) in [5.74, 6) is -0.331. The topological polar surface area (TPSA) is 29.1 Å². The van der Waals surface area contributed by atoms with Gasteiger partial charge in [0.25, 0.3) is 0 Å². The van der Waals surface area contributed by atoms with Crippen LogP contribution in [0.15, 0.2) is 18.2 Å². The third kappa shape index (κ3) is 4.44. The van der Waals surface area contributed by atoms with Crippen molar-refractivity contribution >= 4 is 17.4 Å². The number of hydrogen-bond acceptors (Lipinski definition) is 2. The van der Waals surface area contributed by atoms with Crippen molar-refractivity contribution in [3.63, 3.8) is 0 Å². The van der Waals surface area contributed by atoms with Gasteiger partial charge in [-0.25, -0.2) is 4.39 Å². The predicted molar refractivity (Wildman–Crippen MR) is 67.8 cm³/mol. The van der Waals surface area contributed by atoms with Gasteiger partial charge in [0.15, 0.2) is 0 Å². The van der Waals surface area contributed by atoms with Gasteiger partial charge in [0.1, 0.15) is 11.6 Å². The average molecular weight is 258 g/mol. The molecule has 0 spiro atoms. The van der Waals surface area contributed by atoms with Crippen molar-refractivity contribution < 1.29 is 9.18 Å². The summed E-state index contributed by atoms with van der Waals surface area (Å²) in [7, 11) is 0. The summed E-state index contributed by atoms with van der Waals surface area (Å²) in [6.45, 7) is 5.37. The first kappa shape index (κ1) is 14.1. The van der Waals surface area contributed by atoms with E-state index in [0.29, 0.717) is 17.1 Å². The summed E-state index contributed by atoms with van der Waals surface area (Å²) in [6.07, 6.45) is 0.256. The van der Waals surface area contributed by atoms with Crippen LogP contribution in [0.2, 0.25) is 5.02 Å². The van der Waals surface area contributed by atoms with E-state index in [1.165, 1.54) is 12.1 Å². The normalized spacial score (nSPS) is 12.5. The highest BCUT2D eigenvalue weighted by Gasteiger charge is 2.14. The van der Waals surface area contributed by atoms with Gasteiger partial charge in [-0.2, -0.15) is 0 Å². The summed E-state index contributed by atoms with van der Waals surface area (Å²) >= 11 is 5.87. The molecule has 1 rings (SSSR count). The van der Waals surface area contributed by atoms with Gasteiger partial charge >= 0.3 is 0 Å². The number of carbonyl (C=O) groups is 1. The maximum atomic E-state index is 12.8. The molecule has 4 heteroatoms. The van der Waals surface area contributed by atoms with Crippen LogP contribution in [-0.2, 0) is 11.2 Å². The molecule has 1 aromatic carbocycles. The molecule has 1 aromatic rings. The van der Waals surface area contributed by atoms with E-state index in [-0.39, 0.29) is 23.9 Å². The van der Waals surface area contributed by atoms with Gasteiger partial charge in [0.05, 0.1) is 0 Å². The molecule has 94 valence electrons. The van der Waals surface area contributed by atoms with Gasteiger partial charge in [0, 0.05) is 23.9 Å². The van der Waals surface area contributed by atoms with Crippen molar-refractivity contribution in [3.05, 3.63) is 34.6 Å². The largest absolute Gasteiger partial charge is 0.316 e. The Balaban J connectivity index is 2.61. The minimum absolute atomic E-state index is 0.0592. The van der Waals surface area contributed by atoms with E-state index in [9.17, 15) is 9.18 Å². The Hall–Kier alpha value is -0.930. The number of halogens is 2. The van der Waals surface area contributed by atoms with E-state index < -0.39 is 0 Å². The molecule has 0 saturated carbocycles. The number of Topliss-reactive ketones (excluding diaryl/α,β-unsaturated/α-hetero) is 1. The van der Waals surface area contributed by atoms with Crippen LogP contribution in [0.3, 0.4) is 0 Å². The minimum Gasteiger partial charge on any atom is -0.316 e. The molecule has 0 amide bonds. The highest BCUT2D eigenvalue weighted by atomic mass is 35.5. The molecule has 0 fully saturated rings.